The van der Waals surface area contributed by atoms with Gasteiger partial charge in [0.25, 0.3) is 11.6 Å². The second kappa shape index (κ2) is 8.63. The number of benzene rings is 3. The summed E-state index contributed by atoms with van der Waals surface area (Å²) in [6.45, 7) is 14.6. The van der Waals surface area contributed by atoms with E-state index < -0.39 is 146 Å². The predicted octanol–water partition coefficient (Wildman–Crippen LogP) is 6.63. The van der Waals surface area contributed by atoms with Gasteiger partial charge >= 0.3 is 11.3 Å². The maximum absolute atomic E-state index is 16.1. The average molecular weight is 642 g/mol. The second-order valence-corrected chi connectivity index (χ2v) is 10.3. The number of fused-ring (bicyclic) bond motifs is 10. The summed E-state index contributed by atoms with van der Waals surface area (Å²) in [7, 11) is 0. The van der Waals surface area contributed by atoms with Gasteiger partial charge in [0.05, 0.1) is 10.8 Å². The van der Waals surface area contributed by atoms with Crippen molar-refractivity contribution < 1.29 is 26.3 Å². The van der Waals surface area contributed by atoms with E-state index in [0.29, 0.717) is 0 Å². The second-order valence-electron chi connectivity index (χ2n) is 10.3. The lowest BCUT2D eigenvalue weighted by atomic mass is 9.94. The van der Waals surface area contributed by atoms with Gasteiger partial charge in [0.1, 0.15) is 34.2 Å². The first kappa shape index (κ1) is 26.9. The van der Waals surface area contributed by atoms with Crippen molar-refractivity contribution in [3.8, 4) is 12.1 Å². The number of halogens is 6. The highest BCUT2D eigenvalue weighted by atomic mass is 19.2. The van der Waals surface area contributed by atoms with Crippen LogP contribution in [0.1, 0.15) is 11.4 Å². The van der Waals surface area contributed by atoms with Gasteiger partial charge in [-0.1, -0.05) is 13.1 Å². The SMILES string of the molecule is [C-]#[N+]c1nc2nc3c(nc2nc1[N+]#[C-])c1c2c(F)c(F)c(F)c4c5nc6nc(C#N)c(C#N)nc6nc5c(c5c(F)c(F)c(F)c3c51)c42. The molecular weight excluding hydrogens is 642 g/mol. The standard InChI is InChI=1S/C30F6N12/c1-39-25-26(40-2)48-30-29(47-25)44-22-12-8-9(15(31)20(36)18(34)14(8)24(22)46-30)11-7-10(12)16(32)19(35)17(33)13(7)23-21(11)43-27-28(45-23)42-6(4-38)5(3-37)41-27. The molecule has 5 aromatic carbocycles. The van der Waals surface area contributed by atoms with Crippen LogP contribution in [0, 0.1) is 70.7 Å². The van der Waals surface area contributed by atoms with Crippen LogP contribution in [0.3, 0.4) is 0 Å². The quantitative estimate of drug-likeness (QED) is 0.0761. The molecule has 12 nitrogen and oxygen atoms in total. The highest BCUT2D eigenvalue weighted by Gasteiger charge is 2.35. The summed E-state index contributed by atoms with van der Waals surface area (Å²) in [6, 6.07) is 3.29. The zero-order chi connectivity index (χ0) is 33.5. The fourth-order valence-electron chi connectivity index (χ4n) is 6.22. The first-order chi connectivity index (χ1) is 23.1. The molecule has 0 fully saturated rings. The minimum atomic E-state index is -2.01. The van der Waals surface area contributed by atoms with E-state index in [2.05, 4.69) is 49.6 Å². The molecule has 0 saturated carbocycles. The molecule has 222 valence electrons. The van der Waals surface area contributed by atoms with Crippen LogP contribution in [-0.2, 0) is 0 Å². The van der Waals surface area contributed by atoms with E-state index in [1.165, 1.54) is 0 Å². The topological polar surface area (TPSA) is 159 Å². The summed E-state index contributed by atoms with van der Waals surface area (Å²) in [5.74, 6) is -12.2. The smallest absolute Gasteiger partial charge is 0.316 e. The van der Waals surface area contributed by atoms with Crippen LogP contribution in [0.25, 0.3) is 97.4 Å². The summed E-state index contributed by atoms with van der Waals surface area (Å²) in [5.41, 5.74) is -4.55. The Balaban J connectivity index is 1.65. The third kappa shape index (κ3) is 2.92. The number of hydrogen-bond acceptors (Lipinski definition) is 10. The Labute approximate surface area is 257 Å². The van der Waals surface area contributed by atoms with Crippen molar-refractivity contribution in [3.63, 3.8) is 0 Å². The van der Waals surface area contributed by atoms with E-state index in [4.69, 9.17) is 13.1 Å². The van der Waals surface area contributed by atoms with Crippen molar-refractivity contribution in [1.29, 1.82) is 10.5 Å². The number of nitriles is 2. The summed E-state index contributed by atoms with van der Waals surface area (Å²) < 4.78 is 94.7. The molecular formula is C30F6N12. The number of aromatic nitrogens is 8. The van der Waals surface area contributed by atoms with E-state index >= 15 is 26.3 Å². The van der Waals surface area contributed by atoms with Gasteiger partial charge in [0.15, 0.2) is 57.6 Å². The van der Waals surface area contributed by atoms with E-state index in [1.54, 1.807) is 12.1 Å². The first-order valence-electron chi connectivity index (χ1n) is 13.1. The van der Waals surface area contributed by atoms with Crippen molar-refractivity contribution in [3.05, 3.63) is 69.1 Å². The molecule has 0 saturated heterocycles. The Morgan fingerprint density at radius 2 is 0.708 bits per heavy atom. The van der Waals surface area contributed by atoms with E-state index in [1.807, 2.05) is 0 Å². The van der Waals surface area contributed by atoms with Crippen LogP contribution in [-0.4, -0.2) is 39.9 Å². The minimum absolute atomic E-state index is 0.401. The van der Waals surface area contributed by atoms with E-state index in [0.717, 1.165) is 0 Å². The molecule has 0 unspecified atom stereocenters. The molecule has 0 aliphatic rings. The molecule has 9 rings (SSSR count). The van der Waals surface area contributed by atoms with Crippen LogP contribution in [0.4, 0.5) is 38.0 Å². The number of rotatable bonds is 0. The van der Waals surface area contributed by atoms with Gasteiger partial charge in [-0.15, -0.1) is 9.97 Å². The summed E-state index contributed by atoms with van der Waals surface area (Å²) in [6.07, 6.45) is 0. The van der Waals surface area contributed by atoms with E-state index in [-0.39, 0.29) is 0 Å². The zero-order valence-electron chi connectivity index (χ0n) is 22.6. The van der Waals surface area contributed by atoms with Crippen molar-refractivity contribution in [2.45, 2.75) is 0 Å². The van der Waals surface area contributed by atoms with Crippen LogP contribution >= 0.6 is 0 Å². The Bertz CT molecular complexity index is 3030. The van der Waals surface area contributed by atoms with Gasteiger partial charge < -0.3 is 9.69 Å². The average Bonchev–Trinajstić information content (AvgIpc) is 3.60. The summed E-state index contributed by atoms with van der Waals surface area (Å²) >= 11 is 0. The fourth-order valence-corrected chi connectivity index (χ4v) is 6.22. The van der Waals surface area contributed by atoms with Crippen molar-refractivity contribution in [2.75, 3.05) is 0 Å². The monoisotopic (exact) mass is 642 g/mol. The Hall–Kier alpha value is -7.44. The fraction of sp³-hybridized carbons (Fsp3) is 0. The molecule has 4 aromatic heterocycles. The Morgan fingerprint density at radius 1 is 0.396 bits per heavy atom. The van der Waals surface area contributed by atoms with Crippen LogP contribution in [0.5, 0.6) is 0 Å². The number of hydrogen-bond donors (Lipinski definition) is 0. The molecule has 0 aliphatic carbocycles. The third-order valence-electron chi connectivity index (χ3n) is 8.02. The maximum Gasteiger partial charge on any atom is 0.316 e. The predicted molar refractivity (Wildman–Crippen MR) is 153 cm³/mol. The Kier molecular flexibility index (Phi) is 4.84. The summed E-state index contributed by atoms with van der Waals surface area (Å²) in [5, 5.41) is 13.7. The van der Waals surface area contributed by atoms with Gasteiger partial charge in [0, 0.05) is 32.3 Å². The van der Waals surface area contributed by atoms with Crippen molar-refractivity contribution >= 4 is 99.4 Å². The molecule has 0 amide bonds. The molecule has 18 heteroatoms. The maximum atomic E-state index is 16.1. The molecule has 48 heavy (non-hydrogen) atoms. The first-order valence-corrected chi connectivity index (χ1v) is 13.1. The molecule has 0 bridgehead atoms. The molecule has 9 aromatic rings. The molecule has 0 atom stereocenters. The van der Waals surface area contributed by atoms with Gasteiger partial charge in [-0.2, -0.15) is 20.5 Å². The Morgan fingerprint density at radius 3 is 1.04 bits per heavy atom. The van der Waals surface area contributed by atoms with Gasteiger partial charge in [-0.3, -0.25) is 0 Å². The van der Waals surface area contributed by atoms with Crippen LogP contribution < -0.4 is 0 Å². The van der Waals surface area contributed by atoms with Crippen LogP contribution in [0.2, 0.25) is 0 Å². The minimum Gasteiger partial charge on any atom is -0.370 e. The molecule has 0 radical (unpaired) electrons. The highest BCUT2D eigenvalue weighted by molar-refractivity contribution is 6.46. The molecule has 0 N–H and O–H groups in total. The molecule has 0 aliphatic heterocycles. The van der Waals surface area contributed by atoms with Gasteiger partial charge in [-0.05, 0) is 0 Å². The highest BCUT2D eigenvalue weighted by Crippen LogP contribution is 2.52. The van der Waals surface area contributed by atoms with Crippen molar-refractivity contribution in [2.24, 2.45) is 0 Å². The van der Waals surface area contributed by atoms with Crippen molar-refractivity contribution in [1.82, 2.24) is 39.9 Å². The largest absolute Gasteiger partial charge is 0.370 e. The lowest BCUT2D eigenvalue weighted by Gasteiger charge is -2.11. The molecule has 4 heterocycles. The lowest BCUT2D eigenvalue weighted by Crippen LogP contribution is -1.99. The lowest BCUT2D eigenvalue weighted by molar-refractivity contribution is 0.458. The van der Waals surface area contributed by atoms with E-state index in [9.17, 15) is 10.5 Å². The normalized spacial score (nSPS) is 11.9. The van der Waals surface area contributed by atoms with Gasteiger partial charge in [-0.25, -0.2) is 46.3 Å². The third-order valence-corrected chi connectivity index (χ3v) is 8.02. The van der Waals surface area contributed by atoms with Gasteiger partial charge in [0.2, 0.25) is 0 Å². The molecule has 0 spiro atoms. The zero-order valence-corrected chi connectivity index (χ0v) is 22.6. The summed E-state index contributed by atoms with van der Waals surface area (Å²) in [4.78, 5) is 38.7. The number of nitrogens with zero attached hydrogens (tertiary/aromatic N) is 12. The van der Waals surface area contributed by atoms with Crippen LogP contribution in [0.15, 0.2) is 0 Å².